The lowest BCUT2D eigenvalue weighted by Crippen LogP contribution is -2.49. The number of rotatable bonds is 9. The van der Waals surface area contributed by atoms with Gasteiger partial charge in [-0.25, -0.2) is 0 Å². The molecule has 0 spiro atoms. The Kier molecular flexibility index (Phi) is 8.15. The number of nitrogens with zero attached hydrogens (tertiary/aromatic N) is 2. The number of nitrogens with one attached hydrogen (secondary N) is 1. The molecule has 9 heteroatoms. The van der Waals surface area contributed by atoms with Crippen LogP contribution in [0.4, 0.5) is 13.2 Å². The molecule has 0 saturated carbocycles. The van der Waals surface area contributed by atoms with Crippen LogP contribution < -0.4 is 5.32 Å². The minimum absolute atomic E-state index is 0.170. The van der Waals surface area contributed by atoms with Crippen molar-refractivity contribution in [2.75, 3.05) is 26.7 Å². The van der Waals surface area contributed by atoms with E-state index in [1.165, 1.54) is 20.9 Å². The predicted octanol–water partition coefficient (Wildman–Crippen LogP) is 1.82. The van der Waals surface area contributed by atoms with E-state index < -0.39 is 29.0 Å². The van der Waals surface area contributed by atoms with Crippen LogP contribution in [-0.2, 0) is 10.2 Å². The predicted molar refractivity (Wildman–Crippen MR) is 77.2 cm³/mol. The number of hydrogen-bond donors (Lipinski definition) is 1. The largest absolute Gasteiger partial charge is 0.402 e. The Hall–Kier alpha value is -0.380. The van der Waals surface area contributed by atoms with Crippen molar-refractivity contribution < 1.29 is 21.6 Å². The van der Waals surface area contributed by atoms with Crippen LogP contribution in [0.5, 0.6) is 0 Å². The molecule has 0 amide bonds. The third kappa shape index (κ3) is 7.98. The lowest BCUT2D eigenvalue weighted by molar-refractivity contribution is -0.138. The van der Waals surface area contributed by atoms with Crippen molar-refractivity contribution in [1.82, 2.24) is 13.9 Å². The smallest absolute Gasteiger partial charge is 0.314 e. The molecule has 0 aliphatic carbocycles. The summed E-state index contributed by atoms with van der Waals surface area (Å²) in [5, 5.41) is 3.13. The molecule has 1 N–H and O–H groups in total. The average Bonchev–Trinajstić information content (AvgIpc) is 2.29. The lowest BCUT2D eigenvalue weighted by atomic mass is 10.3. The molecule has 0 rings (SSSR count). The van der Waals surface area contributed by atoms with Crippen LogP contribution in [0.1, 0.15) is 34.1 Å². The van der Waals surface area contributed by atoms with Crippen molar-refractivity contribution in [2.45, 2.75) is 52.4 Å². The topological polar surface area (TPSA) is 52.7 Å². The van der Waals surface area contributed by atoms with Crippen molar-refractivity contribution >= 4 is 10.2 Å². The highest BCUT2D eigenvalue weighted by molar-refractivity contribution is 7.86. The number of hydrogen-bond acceptors (Lipinski definition) is 3. The minimum atomic E-state index is -4.56. The first-order valence-corrected chi connectivity index (χ1v) is 8.31. The highest BCUT2D eigenvalue weighted by Gasteiger charge is 2.39. The van der Waals surface area contributed by atoms with Gasteiger partial charge in [0.25, 0.3) is 10.2 Å². The summed E-state index contributed by atoms with van der Waals surface area (Å²) in [6.07, 6.45) is -4.02. The zero-order chi connectivity index (χ0) is 16.8. The SMILES string of the molecule is CC(C)NCCCN(C)S(=O)(=O)N(CC(F)(F)F)C(C)C. The molecule has 0 aromatic heterocycles. The van der Waals surface area contributed by atoms with Crippen LogP contribution in [-0.4, -0.2) is 62.0 Å². The molecule has 5 nitrogen and oxygen atoms in total. The second-order valence-electron chi connectivity index (χ2n) is 5.55. The zero-order valence-corrected chi connectivity index (χ0v) is 14.1. The van der Waals surface area contributed by atoms with E-state index in [4.69, 9.17) is 0 Å². The Morgan fingerprint density at radius 2 is 1.67 bits per heavy atom. The van der Waals surface area contributed by atoms with Crippen LogP contribution in [0, 0.1) is 0 Å². The maximum atomic E-state index is 12.5. The van der Waals surface area contributed by atoms with Crippen LogP contribution in [0.3, 0.4) is 0 Å². The Morgan fingerprint density at radius 1 is 1.14 bits per heavy atom. The molecule has 0 saturated heterocycles. The van der Waals surface area contributed by atoms with E-state index in [0.29, 0.717) is 17.3 Å². The molecule has 0 atom stereocenters. The van der Waals surface area contributed by atoms with E-state index in [2.05, 4.69) is 5.32 Å². The Balaban J connectivity index is 4.73. The van der Waals surface area contributed by atoms with E-state index in [-0.39, 0.29) is 12.6 Å². The summed E-state index contributed by atoms with van der Waals surface area (Å²) >= 11 is 0. The molecule has 0 aliphatic heterocycles. The molecule has 0 heterocycles. The van der Waals surface area contributed by atoms with Crippen LogP contribution in [0.25, 0.3) is 0 Å². The molecular weight excluding hydrogens is 307 g/mol. The van der Waals surface area contributed by atoms with Crippen molar-refractivity contribution in [1.29, 1.82) is 0 Å². The highest BCUT2D eigenvalue weighted by Crippen LogP contribution is 2.21. The fraction of sp³-hybridized carbons (Fsp3) is 1.00. The van der Waals surface area contributed by atoms with Gasteiger partial charge in [0, 0.05) is 25.7 Å². The summed E-state index contributed by atoms with van der Waals surface area (Å²) in [7, 11) is -2.81. The van der Waals surface area contributed by atoms with Crippen LogP contribution >= 0.6 is 0 Å². The van der Waals surface area contributed by atoms with Gasteiger partial charge in [-0.3, -0.25) is 0 Å². The van der Waals surface area contributed by atoms with Gasteiger partial charge in [0.05, 0.1) is 0 Å². The molecule has 0 aromatic rings. The van der Waals surface area contributed by atoms with Gasteiger partial charge < -0.3 is 5.32 Å². The monoisotopic (exact) mass is 333 g/mol. The Bertz CT molecular complexity index is 397. The van der Waals surface area contributed by atoms with Gasteiger partial charge in [0.15, 0.2) is 0 Å². The lowest BCUT2D eigenvalue weighted by Gasteiger charge is -2.31. The summed E-state index contributed by atoms with van der Waals surface area (Å²) < 4.78 is 63.4. The Morgan fingerprint density at radius 3 is 2.05 bits per heavy atom. The second-order valence-corrected chi connectivity index (χ2v) is 7.53. The van der Waals surface area contributed by atoms with Gasteiger partial charge in [-0.15, -0.1) is 0 Å². The number of halogens is 3. The van der Waals surface area contributed by atoms with Crippen LogP contribution in [0.15, 0.2) is 0 Å². The average molecular weight is 333 g/mol. The normalized spacial score (nSPS) is 13.9. The van der Waals surface area contributed by atoms with E-state index in [1.807, 2.05) is 13.8 Å². The fourth-order valence-electron chi connectivity index (χ4n) is 1.69. The third-order valence-corrected chi connectivity index (χ3v) is 4.92. The summed E-state index contributed by atoms with van der Waals surface area (Å²) in [5.41, 5.74) is 0. The molecule has 0 unspecified atom stereocenters. The maximum absolute atomic E-state index is 12.5. The second kappa shape index (κ2) is 8.30. The molecular formula is C12H26F3N3O2S. The maximum Gasteiger partial charge on any atom is 0.402 e. The summed E-state index contributed by atoms with van der Waals surface area (Å²) in [4.78, 5) is 0. The van der Waals surface area contributed by atoms with Crippen molar-refractivity contribution in [3.63, 3.8) is 0 Å². The standard InChI is InChI=1S/C12H26F3N3O2S/c1-10(2)16-7-6-8-17(5)21(19,20)18(11(3)4)9-12(13,14)15/h10-11,16H,6-9H2,1-5H3. The first-order valence-electron chi connectivity index (χ1n) is 6.91. The van der Waals surface area contributed by atoms with Crippen molar-refractivity contribution in [3.8, 4) is 0 Å². The molecule has 21 heavy (non-hydrogen) atoms. The Labute approximate surface area is 125 Å². The van der Waals surface area contributed by atoms with E-state index in [1.54, 1.807) is 0 Å². The van der Waals surface area contributed by atoms with Gasteiger partial charge in [0.1, 0.15) is 6.54 Å². The first-order chi connectivity index (χ1) is 9.38. The van der Waals surface area contributed by atoms with Crippen molar-refractivity contribution in [3.05, 3.63) is 0 Å². The van der Waals surface area contributed by atoms with Crippen LogP contribution in [0.2, 0.25) is 0 Å². The van der Waals surface area contributed by atoms with Crippen molar-refractivity contribution in [2.24, 2.45) is 0 Å². The quantitative estimate of drug-likeness (QED) is 0.655. The summed E-state index contributed by atoms with van der Waals surface area (Å²) in [6.45, 7) is 6.09. The molecule has 0 bridgehead atoms. The zero-order valence-electron chi connectivity index (χ0n) is 13.2. The van der Waals surface area contributed by atoms with E-state index in [9.17, 15) is 21.6 Å². The first kappa shape index (κ1) is 20.6. The summed E-state index contributed by atoms with van der Waals surface area (Å²) in [5.74, 6) is 0. The molecule has 0 aliphatic rings. The third-order valence-electron chi connectivity index (χ3n) is 2.80. The van der Waals surface area contributed by atoms with Gasteiger partial charge >= 0.3 is 6.18 Å². The molecule has 128 valence electrons. The summed E-state index contributed by atoms with van der Waals surface area (Å²) in [6, 6.07) is -0.475. The molecule has 0 radical (unpaired) electrons. The molecule has 0 aromatic carbocycles. The van der Waals surface area contributed by atoms with Gasteiger partial charge in [-0.2, -0.15) is 30.2 Å². The van der Waals surface area contributed by atoms with Gasteiger partial charge in [0.2, 0.25) is 0 Å². The number of alkyl halides is 3. The minimum Gasteiger partial charge on any atom is -0.314 e. The van der Waals surface area contributed by atoms with E-state index >= 15 is 0 Å². The van der Waals surface area contributed by atoms with Gasteiger partial charge in [-0.1, -0.05) is 13.8 Å². The van der Waals surface area contributed by atoms with Gasteiger partial charge in [-0.05, 0) is 26.8 Å². The molecule has 0 fully saturated rings. The highest BCUT2D eigenvalue weighted by atomic mass is 32.2. The van der Waals surface area contributed by atoms with E-state index in [0.717, 1.165) is 4.31 Å². The fourth-order valence-corrected chi connectivity index (χ4v) is 3.25.